The number of benzene rings is 2. The Kier molecular flexibility index (Phi) is 4.24. The number of phenols is 1. The predicted molar refractivity (Wildman–Crippen MR) is 71.8 cm³/mol. The third-order valence-corrected chi connectivity index (χ3v) is 2.40. The first-order chi connectivity index (χ1) is 7.70. The lowest BCUT2D eigenvalue weighted by Gasteiger charge is -2.07. The van der Waals surface area contributed by atoms with Gasteiger partial charge in [0.2, 0.25) is 0 Å². The van der Waals surface area contributed by atoms with Crippen molar-refractivity contribution in [2.45, 2.75) is 0 Å². The van der Waals surface area contributed by atoms with E-state index in [1.807, 2.05) is 24.3 Å². The van der Waals surface area contributed by atoms with E-state index in [1.165, 1.54) is 0 Å². The summed E-state index contributed by atoms with van der Waals surface area (Å²) in [4.78, 5) is 0. The minimum atomic E-state index is 0. The summed E-state index contributed by atoms with van der Waals surface area (Å²) in [7, 11) is 1.61. The molecule has 2 rings (SSSR count). The fraction of sp³-hybridized carbons (Fsp3) is 0.0769. The first-order valence-corrected chi connectivity index (χ1v) is 4.93. The Morgan fingerprint density at radius 1 is 1.12 bits per heavy atom. The fourth-order valence-electron chi connectivity index (χ4n) is 1.58. The molecule has 0 aromatic heterocycles. The molecule has 0 bridgehead atoms. The van der Waals surface area contributed by atoms with Crippen molar-refractivity contribution in [1.29, 1.82) is 0 Å². The van der Waals surface area contributed by atoms with Crippen LogP contribution in [-0.4, -0.2) is 12.2 Å². The molecule has 0 radical (unpaired) electrons. The maximum absolute atomic E-state index is 9.76. The second kappa shape index (κ2) is 5.46. The molecule has 0 heterocycles. The van der Waals surface area contributed by atoms with E-state index < -0.39 is 0 Å². The lowest BCUT2D eigenvalue weighted by molar-refractivity contribution is 0.415. The molecule has 90 valence electrons. The lowest BCUT2D eigenvalue weighted by atomic mass is 10.0. The fourth-order valence-corrected chi connectivity index (χ4v) is 1.58. The second-order valence-corrected chi connectivity index (χ2v) is 3.51. The van der Waals surface area contributed by atoms with Crippen LogP contribution in [0.5, 0.6) is 11.5 Å². The van der Waals surface area contributed by atoms with E-state index in [0.29, 0.717) is 11.3 Å². The van der Waals surface area contributed by atoms with Crippen molar-refractivity contribution in [2.24, 2.45) is 0 Å². The molecular weight excluding hydrogens is 238 g/mol. The van der Waals surface area contributed by atoms with Crippen molar-refractivity contribution in [3.63, 3.8) is 0 Å². The normalized spacial score (nSPS) is 9.47. The Balaban J connectivity index is 0.00000144. The van der Waals surface area contributed by atoms with Gasteiger partial charge in [-0.2, -0.15) is 0 Å². The largest absolute Gasteiger partial charge is 0.507 e. The summed E-state index contributed by atoms with van der Waals surface area (Å²) in [5.74, 6) is 0.960. The van der Waals surface area contributed by atoms with Gasteiger partial charge in [-0.15, -0.1) is 12.4 Å². The van der Waals surface area contributed by atoms with Crippen LogP contribution in [0.3, 0.4) is 0 Å². The Bertz CT molecular complexity index is 515. The molecule has 0 aliphatic carbocycles. The SMILES string of the molecule is COc1cccc(-c2cc(N)ccc2O)c1.Cl. The van der Waals surface area contributed by atoms with Gasteiger partial charge in [0.1, 0.15) is 11.5 Å². The van der Waals surface area contributed by atoms with E-state index in [4.69, 9.17) is 10.5 Å². The standard InChI is InChI=1S/C13H13NO2.ClH/c1-16-11-4-2-3-9(7-11)12-8-10(14)5-6-13(12)15;/h2-8,15H,14H2,1H3;1H. The van der Waals surface area contributed by atoms with Gasteiger partial charge in [-0.25, -0.2) is 0 Å². The van der Waals surface area contributed by atoms with Crippen LogP contribution in [0, 0.1) is 0 Å². The van der Waals surface area contributed by atoms with E-state index in [9.17, 15) is 5.11 Å². The van der Waals surface area contributed by atoms with Gasteiger partial charge in [-0.1, -0.05) is 12.1 Å². The number of halogens is 1. The molecule has 0 unspecified atom stereocenters. The molecule has 3 nitrogen and oxygen atoms in total. The van der Waals surface area contributed by atoms with Crippen LogP contribution in [0.4, 0.5) is 5.69 Å². The topological polar surface area (TPSA) is 55.5 Å². The maximum atomic E-state index is 9.76. The van der Waals surface area contributed by atoms with Crippen LogP contribution in [-0.2, 0) is 0 Å². The molecule has 0 fully saturated rings. The number of nitrogens with two attached hydrogens (primary N) is 1. The summed E-state index contributed by atoms with van der Waals surface area (Å²) in [5, 5.41) is 9.76. The van der Waals surface area contributed by atoms with Crippen molar-refractivity contribution in [2.75, 3.05) is 12.8 Å². The second-order valence-electron chi connectivity index (χ2n) is 3.51. The quantitative estimate of drug-likeness (QED) is 0.637. The first-order valence-electron chi connectivity index (χ1n) is 4.93. The summed E-state index contributed by atoms with van der Waals surface area (Å²) in [6.07, 6.45) is 0. The van der Waals surface area contributed by atoms with Crippen molar-refractivity contribution in [3.8, 4) is 22.6 Å². The monoisotopic (exact) mass is 251 g/mol. The minimum Gasteiger partial charge on any atom is -0.507 e. The first kappa shape index (κ1) is 13.2. The minimum absolute atomic E-state index is 0. The number of rotatable bonds is 2. The maximum Gasteiger partial charge on any atom is 0.123 e. The molecule has 3 N–H and O–H groups in total. The number of nitrogen functional groups attached to an aromatic ring is 1. The van der Waals surface area contributed by atoms with Crippen LogP contribution in [0.1, 0.15) is 0 Å². The van der Waals surface area contributed by atoms with E-state index >= 15 is 0 Å². The van der Waals surface area contributed by atoms with Crippen LogP contribution in [0.25, 0.3) is 11.1 Å². The summed E-state index contributed by atoms with van der Waals surface area (Å²) in [6, 6.07) is 12.5. The van der Waals surface area contributed by atoms with Gasteiger partial charge in [-0.05, 0) is 35.9 Å². The number of phenolic OH excluding ortho intramolecular Hbond substituents is 1. The van der Waals surface area contributed by atoms with Gasteiger partial charge in [0.25, 0.3) is 0 Å². The average molecular weight is 252 g/mol. The smallest absolute Gasteiger partial charge is 0.123 e. The molecule has 0 spiro atoms. The molecule has 0 saturated heterocycles. The van der Waals surface area contributed by atoms with Gasteiger partial charge >= 0.3 is 0 Å². The molecule has 0 aliphatic heterocycles. The highest BCUT2D eigenvalue weighted by Gasteiger charge is 2.05. The molecule has 0 aliphatic rings. The Hall–Kier alpha value is -1.87. The van der Waals surface area contributed by atoms with Crippen LogP contribution in [0.15, 0.2) is 42.5 Å². The van der Waals surface area contributed by atoms with Crippen molar-refractivity contribution >= 4 is 18.1 Å². The van der Waals surface area contributed by atoms with Crippen LogP contribution in [0.2, 0.25) is 0 Å². The van der Waals surface area contributed by atoms with Gasteiger partial charge in [0, 0.05) is 11.3 Å². The molecule has 4 heteroatoms. The number of ether oxygens (including phenoxy) is 1. The third-order valence-electron chi connectivity index (χ3n) is 2.40. The molecule has 2 aromatic rings. The van der Waals surface area contributed by atoms with Gasteiger partial charge in [0.15, 0.2) is 0 Å². The number of hydrogen-bond donors (Lipinski definition) is 2. The van der Waals surface area contributed by atoms with Gasteiger partial charge in [0.05, 0.1) is 7.11 Å². The molecule has 0 amide bonds. The summed E-state index contributed by atoms with van der Waals surface area (Å²) in [6.45, 7) is 0. The highest BCUT2D eigenvalue weighted by Crippen LogP contribution is 2.32. The third kappa shape index (κ3) is 2.82. The zero-order chi connectivity index (χ0) is 11.5. The summed E-state index contributed by atoms with van der Waals surface area (Å²) >= 11 is 0. The zero-order valence-electron chi connectivity index (χ0n) is 9.38. The van der Waals surface area contributed by atoms with E-state index in [2.05, 4.69) is 0 Å². The van der Waals surface area contributed by atoms with Crippen molar-refractivity contribution in [3.05, 3.63) is 42.5 Å². The lowest BCUT2D eigenvalue weighted by Crippen LogP contribution is -1.87. The number of anilines is 1. The van der Waals surface area contributed by atoms with E-state index in [-0.39, 0.29) is 18.2 Å². The van der Waals surface area contributed by atoms with Crippen LogP contribution < -0.4 is 10.5 Å². The predicted octanol–water partition coefficient (Wildman–Crippen LogP) is 3.07. The highest BCUT2D eigenvalue weighted by molar-refractivity contribution is 5.85. The number of aromatic hydroxyl groups is 1. The average Bonchev–Trinajstić information content (AvgIpc) is 2.32. The van der Waals surface area contributed by atoms with Crippen molar-refractivity contribution < 1.29 is 9.84 Å². The summed E-state index contributed by atoms with van der Waals surface area (Å²) in [5.41, 5.74) is 7.90. The highest BCUT2D eigenvalue weighted by atomic mass is 35.5. The molecule has 0 saturated carbocycles. The Labute approximate surface area is 106 Å². The van der Waals surface area contributed by atoms with E-state index in [1.54, 1.807) is 25.3 Å². The Morgan fingerprint density at radius 2 is 1.88 bits per heavy atom. The number of methoxy groups -OCH3 is 1. The van der Waals surface area contributed by atoms with Gasteiger partial charge in [-0.3, -0.25) is 0 Å². The van der Waals surface area contributed by atoms with E-state index in [0.717, 1.165) is 11.3 Å². The molecule has 0 atom stereocenters. The molecule has 2 aromatic carbocycles. The molecular formula is C13H14ClNO2. The van der Waals surface area contributed by atoms with Gasteiger partial charge < -0.3 is 15.6 Å². The zero-order valence-corrected chi connectivity index (χ0v) is 10.2. The Morgan fingerprint density at radius 3 is 2.59 bits per heavy atom. The molecule has 17 heavy (non-hydrogen) atoms. The number of hydrogen-bond acceptors (Lipinski definition) is 3. The van der Waals surface area contributed by atoms with Crippen molar-refractivity contribution in [1.82, 2.24) is 0 Å². The van der Waals surface area contributed by atoms with Crippen LogP contribution >= 0.6 is 12.4 Å². The summed E-state index contributed by atoms with van der Waals surface area (Å²) < 4.78 is 5.13.